The maximum absolute atomic E-state index is 12.7. The van der Waals surface area contributed by atoms with Gasteiger partial charge < -0.3 is 14.8 Å². The maximum atomic E-state index is 12.7. The van der Waals surface area contributed by atoms with Crippen LogP contribution in [0.1, 0.15) is 46.9 Å². The first kappa shape index (κ1) is 18.5. The van der Waals surface area contributed by atoms with Crippen molar-refractivity contribution in [3.8, 4) is 0 Å². The van der Waals surface area contributed by atoms with Crippen LogP contribution < -0.4 is 0 Å². The Labute approximate surface area is 158 Å². The molecule has 0 saturated heterocycles. The Morgan fingerprint density at radius 3 is 2.81 bits per heavy atom. The molecule has 7 heteroatoms. The topological polar surface area (TPSA) is 69.3 Å². The lowest BCUT2D eigenvalue weighted by Gasteiger charge is -2.34. The number of fused-ring (bicyclic) bond motifs is 1. The Morgan fingerprint density at radius 2 is 2.19 bits per heavy atom. The van der Waals surface area contributed by atoms with Crippen LogP contribution in [0.3, 0.4) is 0 Å². The van der Waals surface area contributed by atoms with Crippen molar-refractivity contribution in [2.24, 2.45) is 0 Å². The number of H-pyrrole nitrogens is 1. The summed E-state index contributed by atoms with van der Waals surface area (Å²) in [6.07, 6.45) is 3.40. The second-order valence-electron chi connectivity index (χ2n) is 6.89. The number of nitrogens with zero attached hydrogens (tertiary/aromatic N) is 3. The van der Waals surface area contributed by atoms with Gasteiger partial charge in [0.05, 0.1) is 6.33 Å². The highest BCUT2D eigenvalue weighted by molar-refractivity contribution is 6.27. The molecule has 1 N–H and O–H groups in total. The predicted molar refractivity (Wildman–Crippen MR) is 100 cm³/mol. The van der Waals surface area contributed by atoms with E-state index in [-0.39, 0.29) is 29.7 Å². The summed E-state index contributed by atoms with van der Waals surface area (Å²) in [6, 6.07) is 5.87. The Balaban J connectivity index is 2.00. The van der Waals surface area contributed by atoms with E-state index in [0.717, 1.165) is 16.8 Å². The van der Waals surface area contributed by atoms with Crippen molar-refractivity contribution in [3.63, 3.8) is 0 Å². The third-order valence-electron chi connectivity index (χ3n) is 4.99. The van der Waals surface area contributed by atoms with E-state index in [4.69, 9.17) is 11.6 Å². The van der Waals surface area contributed by atoms with Gasteiger partial charge in [-0.1, -0.05) is 6.07 Å². The third-order valence-corrected chi connectivity index (χ3v) is 5.21. The minimum Gasteiger partial charge on any atom is -0.348 e. The summed E-state index contributed by atoms with van der Waals surface area (Å²) in [7, 11) is 1.79. The van der Waals surface area contributed by atoms with E-state index in [1.807, 2.05) is 32.0 Å². The van der Waals surface area contributed by atoms with Crippen LogP contribution in [0.4, 0.5) is 0 Å². The van der Waals surface area contributed by atoms with Crippen molar-refractivity contribution in [2.75, 3.05) is 19.5 Å². The van der Waals surface area contributed by atoms with E-state index in [9.17, 15) is 9.59 Å². The molecule has 0 bridgehead atoms. The lowest BCUT2D eigenvalue weighted by molar-refractivity contribution is -0.129. The van der Waals surface area contributed by atoms with Crippen LogP contribution in [0, 0.1) is 0 Å². The molecule has 0 aliphatic carbocycles. The molecule has 1 aromatic carbocycles. The van der Waals surface area contributed by atoms with Crippen LogP contribution in [0.25, 0.3) is 0 Å². The molecule has 0 radical (unpaired) electrons. The molecule has 1 atom stereocenters. The summed E-state index contributed by atoms with van der Waals surface area (Å²) in [5, 5.41) is 0. The number of rotatable bonds is 4. The highest BCUT2D eigenvalue weighted by Gasteiger charge is 2.30. The molecule has 1 aliphatic heterocycles. The van der Waals surface area contributed by atoms with E-state index in [1.54, 1.807) is 29.4 Å². The Morgan fingerprint density at radius 1 is 1.42 bits per heavy atom. The van der Waals surface area contributed by atoms with Crippen molar-refractivity contribution in [2.45, 2.75) is 32.4 Å². The van der Waals surface area contributed by atoms with Gasteiger partial charge in [-0.25, -0.2) is 4.98 Å². The van der Waals surface area contributed by atoms with Crippen molar-refractivity contribution in [1.29, 1.82) is 0 Å². The molecule has 0 saturated carbocycles. The van der Waals surface area contributed by atoms with E-state index >= 15 is 0 Å². The fourth-order valence-electron chi connectivity index (χ4n) is 3.24. The third kappa shape index (κ3) is 3.46. The number of nitrogens with one attached hydrogen (secondary N) is 1. The molecule has 0 spiro atoms. The molecule has 3 rings (SSSR count). The second kappa shape index (κ2) is 7.50. The first-order valence-corrected chi connectivity index (χ1v) is 9.17. The van der Waals surface area contributed by atoms with Crippen LogP contribution in [0.5, 0.6) is 0 Å². The molecule has 1 aromatic heterocycles. The van der Waals surface area contributed by atoms with E-state index < -0.39 is 0 Å². The zero-order valence-electron chi connectivity index (χ0n) is 15.2. The van der Waals surface area contributed by atoms with Gasteiger partial charge in [-0.3, -0.25) is 9.59 Å². The van der Waals surface area contributed by atoms with Crippen LogP contribution in [-0.4, -0.2) is 57.1 Å². The number of hydrogen-bond donors (Lipinski definition) is 1. The van der Waals surface area contributed by atoms with Gasteiger partial charge in [0, 0.05) is 49.6 Å². The average molecular weight is 375 g/mol. The summed E-state index contributed by atoms with van der Waals surface area (Å²) in [5.74, 6) is -0.209. The Kier molecular flexibility index (Phi) is 5.32. The van der Waals surface area contributed by atoms with Gasteiger partial charge in [0.1, 0.15) is 5.88 Å². The minimum atomic E-state index is -0.113. The van der Waals surface area contributed by atoms with Gasteiger partial charge in [0.15, 0.2) is 0 Å². The normalized spacial score (nSPS) is 16.5. The first-order chi connectivity index (χ1) is 12.4. The molecule has 1 aliphatic rings. The van der Waals surface area contributed by atoms with Crippen LogP contribution in [0.15, 0.2) is 30.7 Å². The number of aromatic amines is 1. The highest BCUT2D eigenvalue weighted by Crippen LogP contribution is 2.33. The number of imidazole rings is 1. The van der Waals surface area contributed by atoms with Gasteiger partial charge in [-0.15, -0.1) is 11.6 Å². The summed E-state index contributed by atoms with van der Waals surface area (Å²) in [6.45, 7) is 4.95. The zero-order valence-corrected chi connectivity index (χ0v) is 16.0. The van der Waals surface area contributed by atoms with Gasteiger partial charge in [0.2, 0.25) is 5.91 Å². The molecule has 138 valence electrons. The molecule has 1 unspecified atom stereocenters. The number of carbonyl (C=O) groups is 2. The zero-order chi connectivity index (χ0) is 18.8. The van der Waals surface area contributed by atoms with Crippen molar-refractivity contribution < 1.29 is 9.59 Å². The molecule has 2 amide bonds. The number of alkyl halides is 1. The van der Waals surface area contributed by atoms with Crippen molar-refractivity contribution in [1.82, 2.24) is 19.8 Å². The van der Waals surface area contributed by atoms with Crippen LogP contribution in [0.2, 0.25) is 0 Å². The van der Waals surface area contributed by atoms with E-state index in [1.165, 1.54) is 0 Å². The summed E-state index contributed by atoms with van der Waals surface area (Å²) < 4.78 is 0. The number of halogens is 1. The lowest BCUT2D eigenvalue weighted by atomic mass is 9.86. The minimum absolute atomic E-state index is 0.0135. The van der Waals surface area contributed by atoms with Gasteiger partial charge in [-0.2, -0.15) is 0 Å². The fraction of sp³-hybridized carbons (Fsp3) is 0.421. The van der Waals surface area contributed by atoms with E-state index in [0.29, 0.717) is 18.7 Å². The number of hydrogen-bond acceptors (Lipinski definition) is 3. The van der Waals surface area contributed by atoms with Gasteiger partial charge in [0.25, 0.3) is 5.91 Å². The Hall–Kier alpha value is -2.34. The van der Waals surface area contributed by atoms with Gasteiger partial charge >= 0.3 is 0 Å². The molecular weight excluding hydrogens is 352 g/mol. The standard InChI is InChI=1S/C19H23ClN4O2/c1-12(2)23(3)19(26)13-4-5-15-14(6-13)9-24(18(25)7-20)10-16(15)17-8-21-11-22-17/h4-6,8,11-12,16H,7,9-10H2,1-3H3,(H,21,22). The summed E-state index contributed by atoms with van der Waals surface area (Å²) >= 11 is 5.77. The molecular formula is C19H23ClN4O2. The molecule has 0 fully saturated rings. The van der Waals surface area contributed by atoms with Crippen molar-refractivity contribution in [3.05, 3.63) is 53.1 Å². The largest absolute Gasteiger partial charge is 0.348 e. The lowest BCUT2D eigenvalue weighted by Crippen LogP contribution is -2.39. The average Bonchev–Trinajstić information content (AvgIpc) is 3.19. The Bertz CT molecular complexity index is 804. The van der Waals surface area contributed by atoms with Crippen LogP contribution in [-0.2, 0) is 11.3 Å². The number of carbonyl (C=O) groups excluding carboxylic acids is 2. The van der Waals surface area contributed by atoms with Crippen LogP contribution >= 0.6 is 11.6 Å². The summed E-state index contributed by atoms with van der Waals surface area (Å²) in [5.41, 5.74) is 3.65. The summed E-state index contributed by atoms with van der Waals surface area (Å²) in [4.78, 5) is 35.5. The maximum Gasteiger partial charge on any atom is 0.253 e. The highest BCUT2D eigenvalue weighted by atomic mass is 35.5. The monoisotopic (exact) mass is 374 g/mol. The van der Waals surface area contributed by atoms with E-state index in [2.05, 4.69) is 9.97 Å². The smallest absolute Gasteiger partial charge is 0.253 e. The van der Waals surface area contributed by atoms with Crippen molar-refractivity contribution >= 4 is 23.4 Å². The molecule has 6 nitrogen and oxygen atoms in total. The van der Waals surface area contributed by atoms with Gasteiger partial charge in [-0.05, 0) is 37.1 Å². The fourth-order valence-corrected chi connectivity index (χ4v) is 3.41. The quantitative estimate of drug-likeness (QED) is 0.836. The molecule has 2 aromatic rings. The number of aromatic nitrogens is 2. The second-order valence-corrected chi connectivity index (χ2v) is 7.16. The number of amides is 2. The molecule has 2 heterocycles. The predicted octanol–water partition coefficient (Wildman–Crippen LogP) is 2.60. The SMILES string of the molecule is CC(C)N(C)C(=O)c1ccc2c(c1)CN(C(=O)CCl)CC2c1cnc[nH]1. The first-order valence-electron chi connectivity index (χ1n) is 8.64. The molecule has 26 heavy (non-hydrogen) atoms. The number of benzene rings is 1.